The van der Waals surface area contributed by atoms with E-state index in [1.165, 1.54) is 67.2 Å². The van der Waals surface area contributed by atoms with Crippen LogP contribution in [-0.4, -0.2) is 142 Å². The minimum Gasteiger partial charge on any atom is -0.875 e. The first-order chi connectivity index (χ1) is 33.9. The Morgan fingerprint density at radius 1 is 0.287 bits per heavy atom. The summed E-state index contributed by atoms with van der Waals surface area (Å²) in [7, 11) is 0. The van der Waals surface area contributed by atoms with Crippen LogP contribution in [0.5, 0.6) is 0 Å². The Labute approximate surface area is 556 Å². The van der Waals surface area contributed by atoms with Crippen molar-refractivity contribution in [1.82, 2.24) is 0 Å². The van der Waals surface area contributed by atoms with Gasteiger partial charge in [-0.3, -0.25) is 0 Å². The van der Waals surface area contributed by atoms with E-state index in [0.717, 1.165) is 62.9 Å². The van der Waals surface area contributed by atoms with Gasteiger partial charge >= 0.3 is 141 Å². The monoisotopic (exact) mass is 1180 g/mol. The molecule has 2 aliphatic heterocycles. The molecule has 444 valence electrons. The van der Waals surface area contributed by atoms with Crippen LogP contribution in [0.15, 0.2) is 71.0 Å². The average molecular weight is 1180 g/mol. The molecule has 2 fully saturated rings. The summed E-state index contributed by atoms with van der Waals surface area (Å²) in [6, 6.07) is 0. The van der Waals surface area contributed by atoms with Gasteiger partial charge in [-0.2, -0.15) is 0 Å². The zero-order valence-corrected chi connectivity index (χ0v) is 60.5. The van der Waals surface area contributed by atoms with Crippen LogP contribution in [0.2, 0.25) is 0 Å². The summed E-state index contributed by atoms with van der Waals surface area (Å²) in [5.41, 5.74) is -3.15. The Hall–Kier alpha value is -2.49. The molecule has 0 aromatic rings. The van der Waals surface area contributed by atoms with Crippen LogP contribution < -0.4 is 89.8 Å². The molecule has 80 heavy (non-hydrogen) atoms. The molecule has 24 heteroatoms. The molecule has 0 aromatic carbocycles. The second-order valence-electron chi connectivity index (χ2n) is 22.4. The normalized spacial score (nSPS) is 13.7. The number of rotatable bonds is 6. The van der Waals surface area contributed by atoms with Crippen LogP contribution in [0.25, 0.3) is 0 Å². The Morgan fingerprint density at radius 2 is 0.388 bits per heavy atom. The number of allylic oxidation sites excluding steroid dienone is 6. The molecular weight excluding hydrogens is 1090 g/mol. The third-order valence-electron chi connectivity index (χ3n) is 6.02. The molecule has 0 bridgehead atoms. The number of hydrogen-bond acceptors (Lipinski definition) is 20. The fraction of sp³-hybridized carbons (Fsp3) is 0.679. The maximum absolute atomic E-state index is 10.8. The maximum Gasteiger partial charge on any atom is 2.00 e. The average Bonchev–Trinajstić information content (AvgIpc) is 3.87. The molecular formula is C56H94Mg2Na2O20. The number of esters is 6. The third-order valence-corrected chi connectivity index (χ3v) is 6.02. The maximum atomic E-state index is 10.8. The number of carbonyl (C=O) groups excluding carboxylic acids is 6. The summed E-state index contributed by atoms with van der Waals surface area (Å²) >= 11 is 0. The van der Waals surface area contributed by atoms with Crippen molar-refractivity contribution in [2.75, 3.05) is 26.4 Å². The molecule has 2 rings (SSSR count). The van der Waals surface area contributed by atoms with Crippen LogP contribution >= 0.6 is 0 Å². The fourth-order valence-corrected chi connectivity index (χ4v) is 4.00. The SMILES string of the molecule is C/C([O-])=C/C(=O)OC(C)(C)C.C/C([O-])=C/C(=O)OC(C)(C)C.C/C([O-])=C/C(=O)OC(C)(C)C.C/C([O-])=C/C(=O)OC(C)(C)C.C/C([O-])=C/C(=O)OC(C)(C)C.C/C([O-])=C/C(=O)OC(C)(C)C.C1CCOC1.C1CCOC1.[Mg+2].[Mg+2].[Na+].[Na+]. The van der Waals surface area contributed by atoms with E-state index in [1.54, 1.807) is 125 Å². The van der Waals surface area contributed by atoms with Gasteiger partial charge in [0.15, 0.2) is 0 Å². The van der Waals surface area contributed by atoms with Crippen LogP contribution in [0.4, 0.5) is 0 Å². The summed E-state index contributed by atoms with van der Waals surface area (Å²) in [4.78, 5) is 64.6. The first kappa shape index (κ1) is 99.6. The predicted molar refractivity (Wildman–Crippen MR) is 289 cm³/mol. The molecule has 2 heterocycles. The molecule has 0 amide bonds. The van der Waals surface area contributed by atoms with E-state index < -0.39 is 69.4 Å². The van der Waals surface area contributed by atoms with Gasteiger partial charge < -0.3 is 68.5 Å². The molecule has 2 aliphatic rings. The molecule has 20 nitrogen and oxygen atoms in total. The molecule has 0 aromatic heterocycles. The zero-order valence-electron chi connectivity index (χ0n) is 53.7. The topological polar surface area (TPSA) is 315 Å². The standard InChI is InChI=1S/6C8H14O3.2C4H8O.2Mg.2Na/c6*1-6(9)5-7(10)11-8(2,3)4;2*1-2-4-5-3-1;;;;/h6*5,9H,1-4H3;2*1-4H2;;;;/q;;;;;;;;2*+2;2*+1/p-6/b6*6-5-;;;;;;. The first-order valence-electron chi connectivity index (χ1n) is 24.5. The van der Waals surface area contributed by atoms with Crippen molar-refractivity contribution in [2.45, 2.75) is 225 Å². The van der Waals surface area contributed by atoms with Crippen molar-refractivity contribution < 1.29 is 156 Å². The van der Waals surface area contributed by atoms with E-state index in [-0.39, 0.29) is 140 Å². The fourth-order valence-electron chi connectivity index (χ4n) is 4.00. The van der Waals surface area contributed by atoms with Crippen LogP contribution in [-0.2, 0) is 66.7 Å². The quantitative estimate of drug-likeness (QED) is 0.0950. The second kappa shape index (κ2) is 52.1. The van der Waals surface area contributed by atoms with E-state index in [4.69, 9.17) is 37.9 Å². The zero-order chi connectivity index (χ0) is 61.5. The van der Waals surface area contributed by atoms with Gasteiger partial charge in [0, 0.05) is 62.9 Å². The number of hydrogen-bond donors (Lipinski definition) is 0. The van der Waals surface area contributed by atoms with E-state index >= 15 is 0 Å². The second-order valence-corrected chi connectivity index (χ2v) is 22.4. The Morgan fingerprint density at radius 3 is 0.438 bits per heavy atom. The van der Waals surface area contributed by atoms with Crippen LogP contribution in [0.3, 0.4) is 0 Å². The van der Waals surface area contributed by atoms with Gasteiger partial charge in [-0.05, 0) is 150 Å². The van der Waals surface area contributed by atoms with E-state index in [0.29, 0.717) is 0 Å². The summed E-state index contributed by atoms with van der Waals surface area (Å²) in [6.07, 6.45) is 10.7. The largest absolute Gasteiger partial charge is 2.00 e. The Balaban J connectivity index is -0.0000000878. The minimum atomic E-state index is -0.579. The Kier molecular flexibility index (Phi) is 64.8. The summed E-state index contributed by atoms with van der Waals surface area (Å²) < 4.78 is 38.9. The van der Waals surface area contributed by atoms with Gasteiger partial charge in [0.05, 0.1) is 0 Å². The smallest absolute Gasteiger partial charge is 0.875 e. The van der Waals surface area contributed by atoms with Gasteiger partial charge in [0.25, 0.3) is 0 Å². The van der Waals surface area contributed by atoms with Crippen molar-refractivity contribution in [3.05, 3.63) is 71.0 Å². The third kappa shape index (κ3) is 111. The molecule has 0 radical (unpaired) electrons. The molecule has 0 spiro atoms. The predicted octanol–water partition coefficient (Wildman–Crippen LogP) is -1.61. The van der Waals surface area contributed by atoms with E-state index in [2.05, 4.69) is 0 Å². The molecule has 0 aliphatic carbocycles. The van der Waals surface area contributed by atoms with E-state index in [9.17, 15) is 59.4 Å². The Bertz CT molecular complexity index is 1520. The van der Waals surface area contributed by atoms with Crippen LogP contribution in [0, 0.1) is 0 Å². The van der Waals surface area contributed by atoms with Crippen LogP contribution in [0.1, 0.15) is 192 Å². The molecule has 0 N–H and O–H groups in total. The molecule has 2 saturated heterocycles. The minimum absolute atomic E-state index is 0. The summed E-state index contributed by atoms with van der Waals surface area (Å²) in [5, 5.41) is 62.3. The van der Waals surface area contributed by atoms with Crippen molar-refractivity contribution in [3.63, 3.8) is 0 Å². The van der Waals surface area contributed by atoms with Crippen molar-refractivity contribution in [2.24, 2.45) is 0 Å². The summed E-state index contributed by atoms with van der Waals surface area (Å²) in [6.45, 7) is 43.3. The van der Waals surface area contributed by atoms with Gasteiger partial charge in [-0.1, -0.05) is 41.5 Å². The van der Waals surface area contributed by atoms with Gasteiger partial charge in [-0.15, -0.1) is 34.6 Å². The molecule has 0 atom stereocenters. The van der Waals surface area contributed by atoms with Gasteiger partial charge in [0.2, 0.25) is 0 Å². The van der Waals surface area contributed by atoms with Crippen molar-refractivity contribution in [3.8, 4) is 0 Å². The van der Waals surface area contributed by atoms with E-state index in [1.807, 2.05) is 0 Å². The van der Waals surface area contributed by atoms with Crippen molar-refractivity contribution in [1.29, 1.82) is 0 Å². The molecule has 0 saturated carbocycles. The first-order valence-corrected chi connectivity index (χ1v) is 24.5. The van der Waals surface area contributed by atoms with Gasteiger partial charge in [-0.25, -0.2) is 28.8 Å². The number of carbonyl (C=O) groups is 6. The number of ether oxygens (including phenoxy) is 8. The molecule has 0 unspecified atom stereocenters. The van der Waals surface area contributed by atoms with Gasteiger partial charge in [0.1, 0.15) is 33.6 Å². The summed E-state index contributed by atoms with van der Waals surface area (Å²) in [5.74, 6) is -5.23. The van der Waals surface area contributed by atoms with Crippen molar-refractivity contribution >= 4 is 81.9 Å².